The van der Waals surface area contributed by atoms with E-state index in [0.29, 0.717) is 60.6 Å². The quantitative estimate of drug-likeness (QED) is 0.0244. The number of hydrogen-bond donors (Lipinski definition) is 8. The van der Waals surface area contributed by atoms with Gasteiger partial charge in [-0.15, -0.1) is 0 Å². The van der Waals surface area contributed by atoms with Gasteiger partial charge in [-0.05, 0) is 120 Å². The van der Waals surface area contributed by atoms with Crippen LogP contribution in [0.2, 0.25) is 0 Å². The normalized spacial score (nSPS) is 14.2. The van der Waals surface area contributed by atoms with Gasteiger partial charge < -0.3 is 58.0 Å². The lowest BCUT2D eigenvalue weighted by Gasteiger charge is -2.33. The van der Waals surface area contributed by atoms with Gasteiger partial charge in [0.15, 0.2) is 11.3 Å². The number of benzene rings is 2. The molecule has 4 aromatic rings. The second-order valence-corrected chi connectivity index (χ2v) is 20.4. The molecule has 20 nitrogen and oxygen atoms in total. The highest BCUT2D eigenvalue weighted by molar-refractivity contribution is 5.98. The van der Waals surface area contributed by atoms with Gasteiger partial charge in [0.25, 0.3) is 0 Å². The van der Waals surface area contributed by atoms with E-state index < -0.39 is 40.9 Å². The second kappa shape index (κ2) is 26.2. The molecule has 0 saturated heterocycles. The van der Waals surface area contributed by atoms with Crippen molar-refractivity contribution in [2.75, 3.05) is 49.7 Å². The van der Waals surface area contributed by atoms with Gasteiger partial charge in [-0.25, -0.2) is 9.78 Å². The summed E-state index contributed by atoms with van der Waals surface area (Å²) in [5, 5.41) is 19.2. The van der Waals surface area contributed by atoms with E-state index in [4.69, 9.17) is 36.5 Å². The minimum absolute atomic E-state index is 0.0326. The average Bonchev–Trinajstić information content (AvgIpc) is 3.72. The Bertz CT molecular complexity index is 2450. The second-order valence-electron chi connectivity index (χ2n) is 20.4. The van der Waals surface area contributed by atoms with Crippen molar-refractivity contribution in [3.8, 4) is 5.75 Å². The number of aromatic nitrogens is 4. The first-order valence-corrected chi connectivity index (χ1v) is 25.2. The number of esters is 1. The number of methoxy groups -OCH3 is 1. The standard InChI is InChI=1S/C52H78N12O8/c1-9-10-24-56-44-43-40(60-49(54)62-44)29-64(63-43)28-36-19-16-34(27-41(36)70-8)26-38(35-13-11-14-35)47(67)71-30-33-17-20-37(21-18-33)58-45(65)39(15-12-25-57-50(55)69)59-46(66)42(32(2)3)61-48(68)51(4,5)31-72-52(6,7)22-23-53/h16-21,27,29,32,35,38-39,42H,9-15,22-26,28,30-31,53H2,1-8H3,(H,58,65)(H,59,66)(H,61,68)(H3,55,57,69)(H3,54,56,60,62)/t38?,39-,42?/m0/s1. The molecule has 20 heteroatoms. The summed E-state index contributed by atoms with van der Waals surface area (Å²) < 4.78 is 19.6. The molecule has 5 rings (SSSR count). The van der Waals surface area contributed by atoms with Crippen LogP contribution in [0.25, 0.3) is 11.0 Å². The van der Waals surface area contributed by atoms with Crippen LogP contribution in [0.4, 0.5) is 22.2 Å². The third-order valence-electron chi connectivity index (χ3n) is 13.0. The third kappa shape index (κ3) is 16.5. The van der Waals surface area contributed by atoms with E-state index in [1.807, 2.05) is 38.2 Å². The molecule has 2 aromatic heterocycles. The van der Waals surface area contributed by atoms with Gasteiger partial charge in [-0.1, -0.05) is 57.9 Å². The first kappa shape index (κ1) is 56.4. The number of nitrogens with two attached hydrogens (primary N) is 3. The molecule has 0 aliphatic heterocycles. The monoisotopic (exact) mass is 999 g/mol. The van der Waals surface area contributed by atoms with Crippen LogP contribution in [0, 0.1) is 23.2 Å². The maximum absolute atomic E-state index is 13.8. The number of carbonyl (C=O) groups excluding carboxylic acids is 5. The number of fused-ring (bicyclic) bond motifs is 1. The van der Waals surface area contributed by atoms with Crippen molar-refractivity contribution in [2.45, 2.75) is 137 Å². The number of unbranched alkanes of at least 4 members (excludes halogenated alkanes) is 1. The Morgan fingerprint density at radius 3 is 2.29 bits per heavy atom. The predicted molar refractivity (Wildman–Crippen MR) is 278 cm³/mol. The van der Waals surface area contributed by atoms with Crippen LogP contribution in [0.15, 0.2) is 48.7 Å². The van der Waals surface area contributed by atoms with Gasteiger partial charge in [0.2, 0.25) is 23.7 Å². The highest BCUT2D eigenvalue weighted by atomic mass is 16.5. The lowest BCUT2D eigenvalue weighted by Crippen LogP contribution is -2.57. The van der Waals surface area contributed by atoms with Crippen LogP contribution in [0.5, 0.6) is 5.75 Å². The zero-order chi connectivity index (χ0) is 52.6. The van der Waals surface area contributed by atoms with Gasteiger partial charge in [0.1, 0.15) is 30.0 Å². The van der Waals surface area contributed by atoms with Crippen LogP contribution >= 0.6 is 0 Å². The fraction of sp³-hybridized carbons (Fsp3) is 0.577. The number of nitrogens with one attached hydrogen (secondary N) is 5. The SMILES string of the molecule is CCCCNc1nc(N)nc2cn(Cc3ccc(CC(C(=O)OCc4ccc(NC(=O)[C@H](CCCNC(N)=O)NC(=O)C(NC(=O)C(C)(C)COC(C)(C)CCN)C(C)C)cc4)C4CCC4)cc3OC)nc12. The van der Waals surface area contributed by atoms with Crippen molar-refractivity contribution in [3.05, 3.63) is 65.4 Å². The average molecular weight is 999 g/mol. The van der Waals surface area contributed by atoms with E-state index in [1.165, 1.54) is 0 Å². The van der Waals surface area contributed by atoms with Crippen molar-refractivity contribution < 1.29 is 38.2 Å². The Morgan fingerprint density at radius 2 is 1.65 bits per heavy atom. The maximum Gasteiger partial charge on any atom is 0.312 e. The van der Waals surface area contributed by atoms with Crippen molar-refractivity contribution >= 4 is 58.2 Å². The lowest BCUT2D eigenvalue weighted by atomic mass is 9.73. The Hall–Kier alpha value is -6.54. The fourth-order valence-electron chi connectivity index (χ4n) is 8.28. The Labute approximate surface area is 423 Å². The van der Waals surface area contributed by atoms with Crippen LogP contribution < -0.4 is 48.5 Å². The maximum atomic E-state index is 13.8. The van der Waals surface area contributed by atoms with Crippen LogP contribution in [-0.4, -0.2) is 101 Å². The number of anilines is 3. The summed E-state index contributed by atoms with van der Waals surface area (Å²) in [6.07, 6.45) is 8.38. The first-order chi connectivity index (χ1) is 34.2. The Balaban J connectivity index is 1.19. The summed E-state index contributed by atoms with van der Waals surface area (Å²) >= 11 is 0. The molecular weight excluding hydrogens is 921 g/mol. The van der Waals surface area contributed by atoms with E-state index in [-0.39, 0.29) is 61.8 Å². The van der Waals surface area contributed by atoms with Crippen LogP contribution in [0.1, 0.15) is 117 Å². The van der Waals surface area contributed by atoms with Gasteiger partial charge in [-0.3, -0.25) is 23.9 Å². The minimum atomic E-state index is -1.03. The van der Waals surface area contributed by atoms with Crippen molar-refractivity contribution in [3.63, 3.8) is 0 Å². The van der Waals surface area contributed by atoms with Crippen molar-refractivity contribution in [1.82, 2.24) is 35.7 Å². The molecule has 394 valence electrons. The number of nitrogen functional groups attached to an aromatic ring is 1. The molecule has 1 aliphatic carbocycles. The molecule has 2 aromatic carbocycles. The summed E-state index contributed by atoms with van der Waals surface area (Å²) in [5.74, 6) is -0.728. The van der Waals surface area contributed by atoms with Crippen molar-refractivity contribution in [2.24, 2.45) is 34.6 Å². The summed E-state index contributed by atoms with van der Waals surface area (Å²) in [7, 11) is 1.62. The summed E-state index contributed by atoms with van der Waals surface area (Å²) in [4.78, 5) is 75.1. The summed E-state index contributed by atoms with van der Waals surface area (Å²) in [6.45, 7) is 14.9. The molecule has 11 N–H and O–H groups in total. The van der Waals surface area contributed by atoms with Gasteiger partial charge in [0.05, 0.1) is 43.4 Å². The molecule has 1 fully saturated rings. The molecule has 2 heterocycles. The molecule has 0 radical (unpaired) electrons. The highest BCUT2D eigenvalue weighted by Gasteiger charge is 2.37. The molecule has 1 saturated carbocycles. The van der Waals surface area contributed by atoms with E-state index >= 15 is 0 Å². The zero-order valence-electron chi connectivity index (χ0n) is 43.4. The number of urea groups is 1. The molecule has 1 aliphatic rings. The largest absolute Gasteiger partial charge is 0.496 e. The van der Waals surface area contributed by atoms with E-state index in [0.717, 1.165) is 55.3 Å². The zero-order valence-corrected chi connectivity index (χ0v) is 43.4. The van der Waals surface area contributed by atoms with Gasteiger partial charge >= 0.3 is 12.0 Å². The number of hydrogen-bond acceptors (Lipinski definition) is 14. The highest BCUT2D eigenvalue weighted by Crippen LogP contribution is 2.37. The lowest BCUT2D eigenvalue weighted by molar-refractivity contribution is -0.153. The number of carbonyl (C=O) groups is 5. The van der Waals surface area contributed by atoms with E-state index in [9.17, 15) is 24.0 Å². The molecule has 0 spiro atoms. The van der Waals surface area contributed by atoms with Crippen molar-refractivity contribution in [1.29, 1.82) is 0 Å². The third-order valence-corrected chi connectivity index (χ3v) is 13.0. The predicted octanol–water partition coefficient (Wildman–Crippen LogP) is 5.56. The number of nitrogens with zero attached hydrogens (tertiary/aromatic N) is 4. The number of ether oxygens (including phenoxy) is 3. The van der Waals surface area contributed by atoms with Gasteiger partial charge in [-0.2, -0.15) is 10.1 Å². The first-order valence-electron chi connectivity index (χ1n) is 25.2. The summed E-state index contributed by atoms with van der Waals surface area (Å²) in [5.41, 5.74) is 19.8. The Kier molecular flexibility index (Phi) is 20.5. The number of amides is 5. The molecule has 2 unspecified atom stereocenters. The molecule has 0 bridgehead atoms. The molecule has 3 atom stereocenters. The van der Waals surface area contributed by atoms with E-state index in [1.54, 1.807) is 63.8 Å². The molecule has 72 heavy (non-hydrogen) atoms. The topological polar surface area (TPSA) is 295 Å². The van der Waals surface area contributed by atoms with Crippen LogP contribution in [0.3, 0.4) is 0 Å². The van der Waals surface area contributed by atoms with Gasteiger partial charge in [0, 0.05) is 24.3 Å². The molecule has 5 amide bonds. The smallest absolute Gasteiger partial charge is 0.312 e. The molecular formula is C52H78N12O8. The van der Waals surface area contributed by atoms with Crippen LogP contribution in [-0.2, 0) is 48.2 Å². The van der Waals surface area contributed by atoms with E-state index in [2.05, 4.69) is 43.5 Å². The minimum Gasteiger partial charge on any atom is -0.496 e. The number of rotatable bonds is 29. The number of primary amides is 1. The summed E-state index contributed by atoms with van der Waals surface area (Å²) in [6, 6.07) is 10.2. The Morgan fingerprint density at radius 1 is 0.931 bits per heavy atom. The fourth-order valence-corrected chi connectivity index (χ4v) is 8.28.